The molecule has 1 saturated carbocycles. The predicted octanol–water partition coefficient (Wildman–Crippen LogP) is 2.92. The van der Waals surface area contributed by atoms with Crippen LogP contribution in [0.25, 0.3) is 0 Å². The molecule has 2 atom stereocenters. The summed E-state index contributed by atoms with van der Waals surface area (Å²) in [5, 5.41) is 13.0. The maximum Gasteiger partial charge on any atom is 0.274 e. The monoisotopic (exact) mass is 447 g/mol. The van der Waals surface area contributed by atoms with Crippen molar-refractivity contribution in [2.24, 2.45) is 5.92 Å². The zero-order valence-corrected chi connectivity index (χ0v) is 18.0. The number of likely N-dealkylation sites (N-methyl/N-ethyl adjacent to an activating group) is 1. The highest BCUT2D eigenvalue weighted by atomic mass is 35.5. The van der Waals surface area contributed by atoms with E-state index in [9.17, 15) is 23.9 Å². The standard InChI is InChI=1S/C22H23ClFN3O4/c1-12-5-6-22(8-12)11-27-10-14(18(28)19(29)17(27)21(31)26(22)2)20(30)25-9-13-3-4-16(24)15(23)7-13/h3-4,7,10,12,29H,5-6,8-9,11H2,1-2H3,(H,25,30). The van der Waals surface area contributed by atoms with Crippen molar-refractivity contribution < 1.29 is 19.1 Å². The van der Waals surface area contributed by atoms with Crippen molar-refractivity contribution >= 4 is 23.4 Å². The number of hydrogen-bond donors (Lipinski definition) is 2. The highest BCUT2D eigenvalue weighted by Gasteiger charge is 2.48. The van der Waals surface area contributed by atoms with E-state index < -0.39 is 34.3 Å². The highest BCUT2D eigenvalue weighted by molar-refractivity contribution is 6.30. The van der Waals surface area contributed by atoms with Crippen molar-refractivity contribution in [2.45, 2.75) is 44.8 Å². The first-order chi connectivity index (χ1) is 14.6. The first-order valence-electron chi connectivity index (χ1n) is 10.1. The molecule has 7 nitrogen and oxygen atoms in total. The molecule has 1 fully saturated rings. The normalized spacial score (nSPS) is 22.6. The Morgan fingerprint density at radius 3 is 2.77 bits per heavy atom. The molecule has 1 aromatic carbocycles. The Bertz CT molecular complexity index is 1150. The number of nitrogens with one attached hydrogen (secondary N) is 1. The van der Waals surface area contributed by atoms with Gasteiger partial charge in [-0.25, -0.2) is 4.39 Å². The second kappa shape index (κ2) is 7.67. The van der Waals surface area contributed by atoms with Crippen LogP contribution in [0, 0.1) is 11.7 Å². The minimum absolute atomic E-state index is 0.0178. The third kappa shape index (κ3) is 3.59. The van der Waals surface area contributed by atoms with Crippen molar-refractivity contribution in [2.75, 3.05) is 7.05 Å². The maximum atomic E-state index is 13.3. The summed E-state index contributed by atoms with van der Waals surface area (Å²) >= 11 is 5.76. The second-order valence-corrected chi connectivity index (χ2v) is 8.97. The highest BCUT2D eigenvalue weighted by Crippen LogP contribution is 2.43. The van der Waals surface area contributed by atoms with E-state index >= 15 is 0 Å². The Labute approximate surface area is 183 Å². The summed E-state index contributed by atoms with van der Waals surface area (Å²) in [4.78, 5) is 39.9. The smallest absolute Gasteiger partial charge is 0.274 e. The van der Waals surface area contributed by atoms with Crippen LogP contribution in [0.15, 0.2) is 29.2 Å². The zero-order chi connectivity index (χ0) is 22.5. The van der Waals surface area contributed by atoms with Crippen molar-refractivity contribution in [3.8, 4) is 5.75 Å². The van der Waals surface area contributed by atoms with E-state index in [0.717, 1.165) is 19.3 Å². The van der Waals surface area contributed by atoms with E-state index in [1.807, 2.05) is 0 Å². The molecule has 0 bridgehead atoms. The number of pyridine rings is 1. The molecular weight excluding hydrogens is 425 g/mol. The molecule has 2 heterocycles. The molecule has 4 rings (SSSR count). The van der Waals surface area contributed by atoms with Crippen molar-refractivity contribution in [1.29, 1.82) is 0 Å². The van der Waals surface area contributed by atoms with Crippen LogP contribution in [0.1, 0.15) is 52.6 Å². The average molecular weight is 448 g/mol. The summed E-state index contributed by atoms with van der Waals surface area (Å²) in [5.74, 6) is -1.97. The number of amides is 2. The van der Waals surface area contributed by atoms with E-state index in [2.05, 4.69) is 12.2 Å². The van der Waals surface area contributed by atoms with Crippen LogP contribution in [0.2, 0.25) is 5.02 Å². The maximum absolute atomic E-state index is 13.3. The van der Waals surface area contributed by atoms with Gasteiger partial charge in [-0.3, -0.25) is 14.4 Å². The van der Waals surface area contributed by atoms with Crippen LogP contribution in [-0.2, 0) is 13.1 Å². The Balaban J connectivity index is 1.64. The lowest BCUT2D eigenvalue weighted by Gasteiger charge is -2.44. The third-order valence-electron chi connectivity index (χ3n) is 6.45. The largest absolute Gasteiger partial charge is 0.503 e. The topological polar surface area (TPSA) is 91.6 Å². The van der Waals surface area contributed by atoms with Crippen molar-refractivity contribution in [3.63, 3.8) is 0 Å². The van der Waals surface area contributed by atoms with E-state index in [-0.39, 0.29) is 22.8 Å². The number of nitrogens with zero attached hydrogens (tertiary/aromatic N) is 2. The van der Waals surface area contributed by atoms with Gasteiger partial charge >= 0.3 is 0 Å². The fraction of sp³-hybridized carbons (Fsp3) is 0.409. The van der Waals surface area contributed by atoms with Gasteiger partial charge in [-0.15, -0.1) is 0 Å². The molecule has 1 aliphatic heterocycles. The van der Waals surface area contributed by atoms with Crippen LogP contribution >= 0.6 is 11.6 Å². The lowest BCUT2D eigenvalue weighted by atomic mass is 9.90. The first kappa shape index (κ1) is 21.4. The molecule has 2 amide bonds. The first-order valence-corrected chi connectivity index (χ1v) is 10.5. The second-order valence-electron chi connectivity index (χ2n) is 8.56. The number of benzene rings is 1. The fourth-order valence-electron chi connectivity index (χ4n) is 4.70. The summed E-state index contributed by atoms with van der Waals surface area (Å²) in [6, 6.07) is 4.04. The fourth-order valence-corrected chi connectivity index (χ4v) is 4.90. The zero-order valence-electron chi connectivity index (χ0n) is 17.2. The van der Waals surface area contributed by atoms with Gasteiger partial charge in [0.05, 0.1) is 10.6 Å². The lowest BCUT2D eigenvalue weighted by Crippen LogP contribution is -2.55. The van der Waals surface area contributed by atoms with Gasteiger partial charge in [-0.1, -0.05) is 24.6 Å². The molecule has 9 heteroatoms. The average Bonchev–Trinajstić information content (AvgIpc) is 3.10. The quantitative estimate of drug-likeness (QED) is 0.756. The van der Waals surface area contributed by atoms with Crippen molar-refractivity contribution in [3.05, 3.63) is 62.3 Å². The number of hydrogen-bond acceptors (Lipinski definition) is 4. The van der Waals surface area contributed by atoms with Crippen LogP contribution < -0.4 is 10.7 Å². The van der Waals surface area contributed by atoms with Gasteiger partial charge in [-0.2, -0.15) is 0 Å². The molecule has 2 unspecified atom stereocenters. The molecule has 2 aliphatic rings. The molecule has 31 heavy (non-hydrogen) atoms. The Morgan fingerprint density at radius 1 is 1.39 bits per heavy atom. The Hall–Kier alpha value is -2.87. The van der Waals surface area contributed by atoms with Gasteiger partial charge in [0.1, 0.15) is 11.4 Å². The van der Waals surface area contributed by atoms with Crippen LogP contribution in [-0.4, -0.2) is 39.0 Å². The molecule has 0 radical (unpaired) electrons. The van der Waals surface area contributed by atoms with E-state index in [4.69, 9.17) is 11.6 Å². The molecule has 2 N–H and O–H groups in total. The molecular formula is C22H23ClFN3O4. The van der Waals surface area contributed by atoms with Gasteiger partial charge in [0.2, 0.25) is 5.43 Å². The summed E-state index contributed by atoms with van der Waals surface area (Å²) in [6.45, 7) is 2.55. The Morgan fingerprint density at radius 2 is 2.13 bits per heavy atom. The lowest BCUT2D eigenvalue weighted by molar-refractivity contribution is 0.0406. The predicted molar refractivity (Wildman–Crippen MR) is 113 cm³/mol. The van der Waals surface area contributed by atoms with Gasteiger partial charge in [0.25, 0.3) is 11.8 Å². The minimum atomic E-state index is -0.904. The number of rotatable bonds is 3. The van der Waals surface area contributed by atoms with E-state index in [1.165, 1.54) is 29.0 Å². The Kier molecular flexibility index (Phi) is 5.29. The number of carbonyl (C=O) groups is 2. The number of aromatic hydroxyl groups is 1. The molecule has 164 valence electrons. The van der Waals surface area contributed by atoms with Gasteiger partial charge in [0.15, 0.2) is 11.4 Å². The molecule has 0 saturated heterocycles. The number of halogens is 2. The van der Waals surface area contributed by atoms with Crippen LogP contribution in [0.3, 0.4) is 0 Å². The molecule has 1 spiro atoms. The summed E-state index contributed by atoms with van der Waals surface area (Å²) in [5.41, 5.74) is -1.10. The van der Waals surface area contributed by atoms with Gasteiger partial charge in [0, 0.05) is 26.3 Å². The van der Waals surface area contributed by atoms with Crippen LogP contribution in [0.5, 0.6) is 5.75 Å². The number of carbonyl (C=O) groups excluding carboxylic acids is 2. The van der Waals surface area contributed by atoms with Gasteiger partial charge < -0.3 is 19.9 Å². The van der Waals surface area contributed by atoms with E-state index in [1.54, 1.807) is 11.9 Å². The van der Waals surface area contributed by atoms with Gasteiger partial charge in [-0.05, 0) is 42.9 Å². The molecule has 1 aromatic heterocycles. The number of aromatic nitrogens is 1. The number of fused-ring (bicyclic) bond motifs is 1. The van der Waals surface area contributed by atoms with Crippen LogP contribution in [0.4, 0.5) is 4.39 Å². The molecule has 2 aromatic rings. The molecule has 1 aliphatic carbocycles. The van der Waals surface area contributed by atoms with Crippen molar-refractivity contribution in [1.82, 2.24) is 14.8 Å². The summed E-state index contributed by atoms with van der Waals surface area (Å²) < 4.78 is 14.8. The summed E-state index contributed by atoms with van der Waals surface area (Å²) in [6.07, 6.45) is 3.96. The SMILES string of the molecule is CC1CCC2(C1)Cn1cc(C(=O)NCc3ccc(F)c(Cl)c3)c(=O)c(O)c1C(=O)N2C. The van der Waals surface area contributed by atoms with E-state index in [0.29, 0.717) is 18.0 Å². The minimum Gasteiger partial charge on any atom is -0.503 e. The third-order valence-corrected chi connectivity index (χ3v) is 6.74. The summed E-state index contributed by atoms with van der Waals surface area (Å²) in [7, 11) is 1.70.